The van der Waals surface area contributed by atoms with Crippen LogP contribution in [0.1, 0.15) is 25.3 Å². The molecule has 84 valence electrons. The third-order valence-corrected chi connectivity index (χ3v) is 4.95. The first-order chi connectivity index (χ1) is 7.12. The van der Waals surface area contributed by atoms with E-state index in [1.807, 2.05) is 17.7 Å². The number of nitrogens with one attached hydrogen (secondary N) is 1. The fourth-order valence-corrected chi connectivity index (χ4v) is 4.00. The van der Waals surface area contributed by atoms with Gasteiger partial charge in [-0.05, 0) is 47.6 Å². The predicted molar refractivity (Wildman–Crippen MR) is 67.2 cm³/mol. The van der Waals surface area contributed by atoms with Gasteiger partial charge in [-0.15, -0.1) is 0 Å². The molecule has 2 rings (SSSR count). The van der Waals surface area contributed by atoms with Gasteiger partial charge in [-0.2, -0.15) is 11.3 Å². The average Bonchev–Trinajstić information content (AvgIpc) is 2.66. The molecular weight excluding hydrogens is 274 g/mol. The van der Waals surface area contributed by atoms with Crippen LogP contribution in [0.3, 0.4) is 0 Å². The van der Waals surface area contributed by atoms with Crippen LogP contribution < -0.4 is 5.32 Å². The van der Waals surface area contributed by atoms with Gasteiger partial charge in [0.15, 0.2) is 0 Å². The molecule has 0 saturated carbocycles. The SMILES string of the molecule is CC(O)(c1cscc1Br)C1CCCNC1. The first-order valence-electron chi connectivity index (χ1n) is 5.27. The van der Waals surface area contributed by atoms with Gasteiger partial charge in [-0.3, -0.25) is 0 Å². The Balaban J connectivity index is 2.21. The highest BCUT2D eigenvalue weighted by Gasteiger charge is 2.36. The number of rotatable bonds is 2. The Kier molecular flexibility index (Phi) is 3.50. The van der Waals surface area contributed by atoms with E-state index in [1.54, 1.807) is 11.3 Å². The fraction of sp³-hybridized carbons (Fsp3) is 0.636. The zero-order chi connectivity index (χ0) is 10.9. The molecule has 0 bridgehead atoms. The van der Waals surface area contributed by atoms with E-state index in [0.717, 1.165) is 36.0 Å². The monoisotopic (exact) mass is 289 g/mol. The molecule has 2 atom stereocenters. The molecule has 2 N–H and O–H groups in total. The summed E-state index contributed by atoms with van der Waals surface area (Å²) in [5, 5.41) is 18.0. The van der Waals surface area contributed by atoms with Crippen molar-refractivity contribution in [3.05, 3.63) is 20.8 Å². The Bertz CT molecular complexity index is 331. The molecule has 0 radical (unpaired) electrons. The molecule has 15 heavy (non-hydrogen) atoms. The Morgan fingerprint density at radius 1 is 1.60 bits per heavy atom. The van der Waals surface area contributed by atoms with Crippen molar-refractivity contribution in [1.29, 1.82) is 0 Å². The van der Waals surface area contributed by atoms with E-state index in [1.165, 1.54) is 0 Å². The molecule has 4 heteroatoms. The molecule has 0 aromatic carbocycles. The maximum Gasteiger partial charge on any atom is 0.0927 e. The molecular formula is C11H16BrNOS. The molecule has 0 amide bonds. The summed E-state index contributed by atoms with van der Waals surface area (Å²) in [6.45, 7) is 3.92. The lowest BCUT2D eigenvalue weighted by atomic mass is 9.80. The summed E-state index contributed by atoms with van der Waals surface area (Å²) >= 11 is 5.13. The van der Waals surface area contributed by atoms with Crippen LogP contribution in [0.25, 0.3) is 0 Å². The Hall–Kier alpha value is 0.1000. The van der Waals surface area contributed by atoms with E-state index < -0.39 is 5.60 Å². The van der Waals surface area contributed by atoms with Gasteiger partial charge in [0, 0.05) is 27.9 Å². The van der Waals surface area contributed by atoms with Crippen molar-refractivity contribution in [3.8, 4) is 0 Å². The highest BCUT2D eigenvalue weighted by Crippen LogP contribution is 2.38. The zero-order valence-electron chi connectivity index (χ0n) is 8.79. The van der Waals surface area contributed by atoms with E-state index in [2.05, 4.69) is 21.2 Å². The second-order valence-corrected chi connectivity index (χ2v) is 5.92. The lowest BCUT2D eigenvalue weighted by Crippen LogP contribution is -2.42. The van der Waals surface area contributed by atoms with Crippen LogP contribution >= 0.6 is 27.3 Å². The van der Waals surface area contributed by atoms with Crippen molar-refractivity contribution in [3.63, 3.8) is 0 Å². The van der Waals surface area contributed by atoms with Gasteiger partial charge in [0.2, 0.25) is 0 Å². The lowest BCUT2D eigenvalue weighted by Gasteiger charge is -2.36. The van der Waals surface area contributed by atoms with Gasteiger partial charge in [-0.1, -0.05) is 0 Å². The summed E-state index contributed by atoms with van der Waals surface area (Å²) < 4.78 is 1.03. The van der Waals surface area contributed by atoms with Crippen LogP contribution in [0, 0.1) is 5.92 Å². The first kappa shape index (κ1) is 11.6. The summed E-state index contributed by atoms with van der Waals surface area (Å²) in [6, 6.07) is 0. The number of hydrogen-bond acceptors (Lipinski definition) is 3. The number of hydrogen-bond donors (Lipinski definition) is 2. The van der Waals surface area contributed by atoms with Crippen molar-refractivity contribution in [2.24, 2.45) is 5.92 Å². The Morgan fingerprint density at radius 3 is 2.93 bits per heavy atom. The van der Waals surface area contributed by atoms with Crippen LogP contribution in [-0.4, -0.2) is 18.2 Å². The van der Waals surface area contributed by atoms with Crippen LogP contribution in [0.2, 0.25) is 0 Å². The molecule has 2 heterocycles. The summed E-state index contributed by atoms with van der Waals surface area (Å²) in [5.74, 6) is 0.317. The van der Waals surface area contributed by atoms with Crippen molar-refractivity contribution in [2.75, 3.05) is 13.1 Å². The number of halogens is 1. The van der Waals surface area contributed by atoms with E-state index >= 15 is 0 Å². The van der Waals surface area contributed by atoms with Gasteiger partial charge in [0.25, 0.3) is 0 Å². The summed E-state index contributed by atoms with van der Waals surface area (Å²) in [7, 11) is 0. The molecule has 1 saturated heterocycles. The van der Waals surface area contributed by atoms with Gasteiger partial charge in [0.05, 0.1) is 5.60 Å². The van der Waals surface area contributed by atoms with E-state index in [4.69, 9.17) is 0 Å². The zero-order valence-corrected chi connectivity index (χ0v) is 11.2. The van der Waals surface area contributed by atoms with Crippen molar-refractivity contribution in [2.45, 2.75) is 25.4 Å². The highest BCUT2D eigenvalue weighted by molar-refractivity contribution is 9.10. The second kappa shape index (κ2) is 4.53. The average molecular weight is 290 g/mol. The van der Waals surface area contributed by atoms with Crippen LogP contribution in [-0.2, 0) is 5.60 Å². The number of thiophene rings is 1. The van der Waals surface area contributed by atoms with E-state index in [-0.39, 0.29) is 0 Å². The van der Waals surface area contributed by atoms with Gasteiger partial charge in [-0.25, -0.2) is 0 Å². The maximum atomic E-state index is 10.6. The van der Waals surface area contributed by atoms with Crippen LogP contribution in [0.15, 0.2) is 15.2 Å². The minimum atomic E-state index is -0.716. The lowest BCUT2D eigenvalue weighted by molar-refractivity contribution is -0.0158. The minimum absolute atomic E-state index is 0.317. The van der Waals surface area contributed by atoms with E-state index in [0.29, 0.717) is 5.92 Å². The normalized spacial score (nSPS) is 26.2. The summed E-state index contributed by atoms with van der Waals surface area (Å²) in [5.41, 5.74) is 0.313. The van der Waals surface area contributed by atoms with Gasteiger partial charge in [0.1, 0.15) is 0 Å². The maximum absolute atomic E-state index is 10.6. The largest absolute Gasteiger partial charge is 0.385 e. The molecule has 2 nitrogen and oxygen atoms in total. The topological polar surface area (TPSA) is 32.3 Å². The number of aliphatic hydroxyl groups is 1. The third-order valence-electron chi connectivity index (χ3n) is 3.25. The molecule has 2 unspecified atom stereocenters. The Labute approximate surface area is 103 Å². The van der Waals surface area contributed by atoms with Crippen molar-refractivity contribution in [1.82, 2.24) is 5.32 Å². The quantitative estimate of drug-likeness (QED) is 0.878. The minimum Gasteiger partial charge on any atom is -0.385 e. The highest BCUT2D eigenvalue weighted by atomic mass is 79.9. The fourth-order valence-electron chi connectivity index (χ4n) is 2.19. The standard InChI is InChI=1S/C11H16BrNOS/c1-11(14,8-3-2-4-13-5-8)9-6-15-7-10(9)12/h6-8,13-14H,2-5H2,1H3. The predicted octanol–water partition coefficient (Wildman–Crippen LogP) is 2.72. The molecule has 1 aromatic rings. The van der Waals surface area contributed by atoms with Gasteiger partial charge < -0.3 is 10.4 Å². The smallest absolute Gasteiger partial charge is 0.0927 e. The van der Waals surface area contributed by atoms with Crippen molar-refractivity contribution < 1.29 is 5.11 Å². The molecule has 0 spiro atoms. The molecule has 1 aliphatic heterocycles. The van der Waals surface area contributed by atoms with Gasteiger partial charge >= 0.3 is 0 Å². The summed E-state index contributed by atoms with van der Waals surface area (Å²) in [4.78, 5) is 0. The van der Waals surface area contributed by atoms with Crippen molar-refractivity contribution >= 4 is 27.3 Å². The van der Waals surface area contributed by atoms with Crippen LogP contribution in [0.4, 0.5) is 0 Å². The molecule has 1 aliphatic rings. The summed E-state index contributed by atoms with van der Waals surface area (Å²) in [6.07, 6.45) is 2.25. The third kappa shape index (κ3) is 2.28. The van der Waals surface area contributed by atoms with E-state index in [9.17, 15) is 5.11 Å². The molecule has 0 aliphatic carbocycles. The molecule has 1 fully saturated rings. The van der Waals surface area contributed by atoms with Crippen LogP contribution in [0.5, 0.6) is 0 Å². The first-order valence-corrected chi connectivity index (χ1v) is 7.01. The number of piperidine rings is 1. The molecule has 1 aromatic heterocycles. The Morgan fingerprint density at radius 2 is 2.40 bits per heavy atom. The second-order valence-electron chi connectivity index (χ2n) is 4.32.